The Morgan fingerprint density at radius 3 is 1.43 bits per heavy atom. The van der Waals surface area contributed by atoms with E-state index in [9.17, 15) is 0 Å². The van der Waals surface area contributed by atoms with E-state index in [1.54, 1.807) is 0 Å². The Balaban J connectivity index is 0.000000960. The summed E-state index contributed by atoms with van der Waals surface area (Å²) in [4.78, 5) is 0. The molecule has 0 aromatic carbocycles. The third-order valence-corrected chi connectivity index (χ3v) is 12.4. The van der Waals surface area contributed by atoms with Gasteiger partial charge in [-0.15, -0.1) is 0 Å². The summed E-state index contributed by atoms with van der Waals surface area (Å²) in [6, 6.07) is 0. The van der Waals surface area contributed by atoms with Crippen LogP contribution in [0.5, 0.6) is 0 Å². The third kappa shape index (κ3) is 3.68. The molecule has 0 saturated heterocycles. The molecule has 0 heterocycles. The van der Waals surface area contributed by atoms with Crippen LogP contribution < -0.4 is 24.8 Å². The predicted octanol–water partition coefficient (Wildman–Crippen LogP) is -0.550. The van der Waals surface area contributed by atoms with Crippen LogP contribution in [0.25, 0.3) is 0 Å². The van der Waals surface area contributed by atoms with Gasteiger partial charge in [-0.1, -0.05) is 0 Å². The summed E-state index contributed by atoms with van der Waals surface area (Å²) in [5.74, 6) is 5.36. The van der Waals surface area contributed by atoms with Gasteiger partial charge in [-0.3, -0.25) is 0 Å². The van der Waals surface area contributed by atoms with Crippen LogP contribution in [-0.2, 0) is 23.2 Å². The standard InChI is InChI=1S/2C10H13.2ClH.Zr/c2*1-8-6-7-9-4-2-3-5-10(8)9;;;/h2*2-6,8-10H,7H2,1H3;2*1H;/q;;;;+2/p-2. The maximum absolute atomic E-state index is 2.55. The minimum absolute atomic E-state index is 0. The average molecular weight is 429 g/mol. The Morgan fingerprint density at radius 1 is 0.652 bits per heavy atom. The zero-order valence-electron chi connectivity index (χ0n) is 13.9. The summed E-state index contributed by atoms with van der Waals surface area (Å²) in [7, 11) is 0. The zero-order valence-corrected chi connectivity index (χ0v) is 17.9. The third-order valence-electron chi connectivity index (χ3n) is 6.56. The van der Waals surface area contributed by atoms with Crippen LogP contribution in [-0.4, -0.2) is 0 Å². The van der Waals surface area contributed by atoms with Gasteiger partial charge in [0.15, 0.2) is 0 Å². The van der Waals surface area contributed by atoms with E-state index < -0.39 is 0 Å². The molecule has 0 bridgehead atoms. The van der Waals surface area contributed by atoms with Crippen molar-refractivity contribution in [3.05, 3.63) is 48.6 Å². The van der Waals surface area contributed by atoms with Crippen molar-refractivity contribution in [2.24, 2.45) is 35.5 Å². The monoisotopic (exact) mass is 426 g/mol. The molecule has 0 radical (unpaired) electrons. The van der Waals surface area contributed by atoms with Crippen LogP contribution in [0.15, 0.2) is 48.6 Å². The van der Waals surface area contributed by atoms with Crippen molar-refractivity contribution in [1.29, 1.82) is 0 Å². The minimum Gasteiger partial charge on any atom is -1.00 e. The van der Waals surface area contributed by atoms with Crippen LogP contribution in [0.2, 0.25) is 7.25 Å². The van der Waals surface area contributed by atoms with Crippen LogP contribution >= 0.6 is 0 Å². The summed E-state index contributed by atoms with van der Waals surface area (Å²) in [5, 5.41) is 0. The zero-order chi connectivity index (χ0) is 14.4. The van der Waals surface area contributed by atoms with Gasteiger partial charge in [0.05, 0.1) is 0 Å². The minimum atomic E-state index is -0.298. The molecule has 0 aromatic heterocycles. The number of hydrogen-bond donors (Lipinski definition) is 0. The van der Waals surface area contributed by atoms with Crippen molar-refractivity contribution < 1.29 is 48.0 Å². The molecule has 0 aliphatic heterocycles. The molecular formula is C20H26Cl2Zr. The van der Waals surface area contributed by atoms with Crippen LogP contribution in [0.3, 0.4) is 0 Å². The predicted molar refractivity (Wildman–Crippen MR) is 85.6 cm³/mol. The molecule has 4 aliphatic rings. The fraction of sp³-hybridized carbons (Fsp3) is 0.600. The van der Waals surface area contributed by atoms with Gasteiger partial charge in [0, 0.05) is 0 Å². The molecule has 124 valence electrons. The van der Waals surface area contributed by atoms with Gasteiger partial charge >= 0.3 is 141 Å². The first-order valence-electron chi connectivity index (χ1n) is 8.70. The second kappa shape index (κ2) is 8.20. The first-order chi connectivity index (χ1) is 10.2. The van der Waals surface area contributed by atoms with E-state index in [1.165, 1.54) is 12.8 Å². The Morgan fingerprint density at radius 2 is 1.04 bits per heavy atom. The molecule has 8 unspecified atom stereocenters. The van der Waals surface area contributed by atoms with Gasteiger partial charge in [-0.2, -0.15) is 0 Å². The van der Waals surface area contributed by atoms with E-state index in [0.717, 1.165) is 42.8 Å². The van der Waals surface area contributed by atoms with Crippen molar-refractivity contribution in [2.75, 3.05) is 0 Å². The summed E-state index contributed by atoms with van der Waals surface area (Å²) in [5.41, 5.74) is 0. The van der Waals surface area contributed by atoms with Crippen molar-refractivity contribution in [3.8, 4) is 0 Å². The number of hydrogen-bond acceptors (Lipinski definition) is 0. The maximum Gasteiger partial charge on any atom is -1.00 e. The first-order valence-corrected chi connectivity index (χ1v) is 11.5. The van der Waals surface area contributed by atoms with Crippen molar-refractivity contribution >= 4 is 0 Å². The number of halogens is 2. The van der Waals surface area contributed by atoms with E-state index in [0.29, 0.717) is 0 Å². The molecule has 4 aliphatic carbocycles. The second-order valence-corrected chi connectivity index (χ2v) is 12.1. The summed E-state index contributed by atoms with van der Waals surface area (Å²) >= 11 is -0.298. The average Bonchev–Trinajstić information content (AvgIpc) is 2.99. The van der Waals surface area contributed by atoms with E-state index in [1.807, 2.05) is 0 Å². The molecule has 2 saturated carbocycles. The fourth-order valence-electron chi connectivity index (χ4n) is 5.21. The molecule has 0 aromatic rings. The van der Waals surface area contributed by atoms with E-state index in [2.05, 4.69) is 62.5 Å². The SMILES string of the molecule is CC1[CH]([Zr+2][CH]2CC3C=CC=CC3C2C)CC2C=CC=CC21.[Cl-].[Cl-]. The van der Waals surface area contributed by atoms with Gasteiger partial charge in [0.2, 0.25) is 0 Å². The fourth-order valence-corrected chi connectivity index (χ4v) is 11.2. The smallest absolute Gasteiger partial charge is 1.00 e. The van der Waals surface area contributed by atoms with Gasteiger partial charge < -0.3 is 24.8 Å². The Kier molecular flexibility index (Phi) is 7.04. The molecular weight excluding hydrogens is 402 g/mol. The normalized spacial score (nSPS) is 45.7. The molecule has 23 heavy (non-hydrogen) atoms. The van der Waals surface area contributed by atoms with Gasteiger partial charge in [0.1, 0.15) is 0 Å². The van der Waals surface area contributed by atoms with Crippen molar-refractivity contribution in [2.45, 2.75) is 33.9 Å². The maximum atomic E-state index is 2.55. The quantitative estimate of drug-likeness (QED) is 0.554. The van der Waals surface area contributed by atoms with E-state index in [-0.39, 0.29) is 48.0 Å². The summed E-state index contributed by atoms with van der Waals surface area (Å²) < 4.78 is 2.22. The van der Waals surface area contributed by atoms with Crippen molar-refractivity contribution in [3.63, 3.8) is 0 Å². The van der Waals surface area contributed by atoms with Gasteiger partial charge in [0.25, 0.3) is 0 Å². The van der Waals surface area contributed by atoms with E-state index >= 15 is 0 Å². The summed E-state index contributed by atoms with van der Waals surface area (Å²) in [6.45, 7) is 5.10. The van der Waals surface area contributed by atoms with E-state index in [4.69, 9.17) is 0 Å². The Bertz CT molecular complexity index is 476. The molecule has 4 rings (SSSR count). The number of rotatable bonds is 2. The van der Waals surface area contributed by atoms with Crippen LogP contribution in [0, 0.1) is 35.5 Å². The van der Waals surface area contributed by atoms with Crippen LogP contribution in [0.4, 0.5) is 0 Å². The topological polar surface area (TPSA) is 0 Å². The Labute approximate surface area is 165 Å². The van der Waals surface area contributed by atoms with Gasteiger partial charge in [-0.25, -0.2) is 0 Å². The molecule has 0 amide bonds. The molecule has 2 fully saturated rings. The van der Waals surface area contributed by atoms with Crippen LogP contribution in [0.1, 0.15) is 26.7 Å². The number of allylic oxidation sites excluding steroid dienone is 8. The first kappa shape index (κ1) is 19.7. The Hall–Kier alpha value is 0.423. The second-order valence-electron chi connectivity index (χ2n) is 7.59. The largest absolute Gasteiger partial charge is 1.00 e. The molecule has 3 heteroatoms. The van der Waals surface area contributed by atoms with Crippen molar-refractivity contribution in [1.82, 2.24) is 0 Å². The molecule has 0 N–H and O–H groups in total. The molecule has 8 atom stereocenters. The number of fused-ring (bicyclic) bond motifs is 2. The summed E-state index contributed by atoms with van der Waals surface area (Å²) in [6.07, 6.45) is 22.1. The molecule has 0 nitrogen and oxygen atoms in total. The van der Waals surface area contributed by atoms with Gasteiger partial charge in [-0.05, 0) is 0 Å². The molecule has 0 spiro atoms.